The molecular formula is C29H28ClN5O5. The molecule has 1 saturated heterocycles. The van der Waals surface area contributed by atoms with Gasteiger partial charge >= 0.3 is 11.9 Å². The number of ether oxygens (including phenoxy) is 3. The molecule has 0 saturated carbocycles. The first-order chi connectivity index (χ1) is 19.4. The van der Waals surface area contributed by atoms with Crippen LogP contribution in [0.15, 0.2) is 60.9 Å². The van der Waals surface area contributed by atoms with Gasteiger partial charge < -0.3 is 19.1 Å². The van der Waals surface area contributed by atoms with Gasteiger partial charge in [0.05, 0.1) is 12.4 Å². The number of imidazole rings is 1. The molecule has 2 aromatic carbocycles. The van der Waals surface area contributed by atoms with Gasteiger partial charge in [-0.15, -0.1) is 0 Å². The molecular weight excluding hydrogens is 534 g/mol. The van der Waals surface area contributed by atoms with Crippen LogP contribution in [-0.2, 0) is 30.3 Å². The fourth-order valence-electron chi connectivity index (χ4n) is 5.75. The summed E-state index contributed by atoms with van der Waals surface area (Å²) < 4.78 is 19.2. The van der Waals surface area contributed by atoms with E-state index in [1.807, 2.05) is 37.3 Å². The van der Waals surface area contributed by atoms with Crippen LogP contribution in [0.25, 0.3) is 11.2 Å². The average molecular weight is 562 g/mol. The van der Waals surface area contributed by atoms with E-state index in [1.54, 1.807) is 10.9 Å². The van der Waals surface area contributed by atoms with Gasteiger partial charge in [0.1, 0.15) is 6.10 Å². The Labute approximate surface area is 235 Å². The Morgan fingerprint density at radius 1 is 1.00 bits per heavy atom. The zero-order valence-corrected chi connectivity index (χ0v) is 23.0. The van der Waals surface area contributed by atoms with E-state index < -0.39 is 36.5 Å². The van der Waals surface area contributed by atoms with E-state index in [2.05, 4.69) is 39.1 Å². The topological polar surface area (TPSA) is 109 Å². The minimum absolute atomic E-state index is 0.0395. The molecule has 6 rings (SSSR count). The predicted octanol–water partition coefficient (Wildman–Crippen LogP) is 4.76. The average Bonchev–Trinajstić information content (AvgIpc) is 3.62. The molecule has 4 heterocycles. The first-order valence-corrected chi connectivity index (χ1v) is 13.5. The van der Waals surface area contributed by atoms with Crippen LogP contribution in [-0.4, -0.2) is 49.8 Å². The highest BCUT2D eigenvalue weighted by atomic mass is 35.5. The molecule has 2 unspecified atom stereocenters. The summed E-state index contributed by atoms with van der Waals surface area (Å²) in [6.45, 7) is 5.13. The third-order valence-corrected chi connectivity index (χ3v) is 7.50. The molecule has 206 valence electrons. The molecule has 0 radical (unpaired) electrons. The van der Waals surface area contributed by atoms with Gasteiger partial charge in [0, 0.05) is 20.4 Å². The largest absolute Gasteiger partial charge is 0.456 e. The summed E-state index contributed by atoms with van der Waals surface area (Å²) in [5.74, 6) is -0.441. The Morgan fingerprint density at radius 3 is 2.42 bits per heavy atom. The van der Waals surface area contributed by atoms with Crippen molar-refractivity contribution in [2.75, 3.05) is 4.90 Å². The van der Waals surface area contributed by atoms with Gasteiger partial charge in [-0.25, -0.2) is 4.98 Å². The number of carbonyl (C=O) groups excluding carboxylic acids is 2. The highest BCUT2D eigenvalue weighted by molar-refractivity contribution is 6.28. The van der Waals surface area contributed by atoms with Crippen molar-refractivity contribution < 1.29 is 23.8 Å². The van der Waals surface area contributed by atoms with E-state index >= 15 is 0 Å². The Kier molecular flexibility index (Phi) is 6.89. The zero-order chi connectivity index (χ0) is 28.0. The maximum Gasteiger partial charge on any atom is 0.303 e. The van der Waals surface area contributed by atoms with Gasteiger partial charge in [-0.2, -0.15) is 9.97 Å². The van der Waals surface area contributed by atoms with Crippen molar-refractivity contribution in [1.82, 2.24) is 19.5 Å². The van der Waals surface area contributed by atoms with E-state index in [9.17, 15) is 9.59 Å². The minimum atomic E-state index is -0.908. The number of rotatable bonds is 6. The molecule has 11 heteroatoms. The number of hydrogen-bond acceptors (Lipinski definition) is 9. The lowest BCUT2D eigenvalue weighted by atomic mass is 9.98. The molecule has 10 nitrogen and oxygen atoms in total. The number of esters is 2. The van der Waals surface area contributed by atoms with Crippen molar-refractivity contribution >= 4 is 40.5 Å². The monoisotopic (exact) mass is 561 g/mol. The number of fused-ring (bicyclic) bond motifs is 2. The number of anilines is 1. The van der Waals surface area contributed by atoms with Crippen LogP contribution in [0, 0.1) is 0 Å². The molecule has 2 aliphatic rings. The summed E-state index contributed by atoms with van der Waals surface area (Å²) in [4.78, 5) is 40.0. The Bertz CT molecular complexity index is 1580. The lowest BCUT2D eigenvalue weighted by Crippen LogP contribution is -2.38. The van der Waals surface area contributed by atoms with Crippen molar-refractivity contribution in [3.63, 3.8) is 0 Å². The predicted molar refractivity (Wildman–Crippen MR) is 147 cm³/mol. The van der Waals surface area contributed by atoms with Gasteiger partial charge in [-0.05, 0) is 34.7 Å². The van der Waals surface area contributed by atoms with Gasteiger partial charge in [0.15, 0.2) is 35.4 Å². The third-order valence-electron chi connectivity index (χ3n) is 7.33. The molecule has 4 aromatic rings. The highest BCUT2D eigenvalue weighted by Crippen LogP contribution is 2.44. The van der Waals surface area contributed by atoms with E-state index in [-0.39, 0.29) is 11.3 Å². The number of aromatic nitrogens is 4. The standard InChI is InChI=1S/C29H28ClN5O5/c1-4-21-24(38-16(2)36)25(39-17(3)37)28(40-21)35-15-31-22-26(32-29(30)33-27(22)35)34-14-19-12-8-9-13-20(19)23(34)18-10-6-5-7-11-18/h5-13,15,21,23-25,28H,4,14H2,1-3H3/t21-,23?,24+,25?,28-/m1/s1. The minimum Gasteiger partial charge on any atom is -0.456 e. The molecule has 5 atom stereocenters. The number of carbonyl (C=O) groups is 2. The van der Waals surface area contributed by atoms with Crippen LogP contribution in [0.1, 0.15) is 56.2 Å². The summed E-state index contributed by atoms with van der Waals surface area (Å²) in [6.07, 6.45) is -0.935. The van der Waals surface area contributed by atoms with Crippen LogP contribution in [0.3, 0.4) is 0 Å². The van der Waals surface area contributed by atoms with Crippen LogP contribution in [0.2, 0.25) is 5.28 Å². The van der Waals surface area contributed by atoms with Crippen LogP contribution in [0.4, 0.5) is 5.82 Å². The van der Waals surface area contributed by atoms with Crippen LogP contribution < -0.4 is 4.90 Å². The van der Waals surface area contributed by atoms with E-state index in [4.69, 9.17) is 30.8 Å². The second-order valence-corrected chi connectivity index (χ2v) is 10.2. The molecule has 2 aromatic heterocycles. The lowest BCUT2D eigenvalue weighted by Gasteiger charge is -2.27. The summed E-state index contributed by atoms with van der Waals surface area (Å²) in [5, 5.41) is 0.0395. The number of benzene rings is 2. The quantitative estimate of drug-likeness (QED) is 0.243. The van der Waals surface area contributed by atoms with Gasteiger partial charge in [0.2, 0.25) is 5.28 Å². The van der Waals surface area contributed by atoms with Crippen molar-refractivity contribution in [2.24, 2.45) is 0 Å². The van der Waals surface area contributed by atoms with Gasteiger partial charge in [-0.1, -0.05) is 61.5 Å². The smallest absolute Gasteiger partial charge is 0.303 e. The zero-order valence-electron chi connectivity index (χ0n) is 22.2. The Hall–Kier alpha value is -4.02. The third kappa shape index (κ3) is 4.56. The highest BCUT2D eigenvalue weighted by Gasteiger charge is 2.50. The number of nitrogens with zero attached hydrogens (tertiary/aromatic N) is 5. The summed E-state index contributed by atoms with van der Waals surface area (Å²) in [7, 11) is 0. The van der Waals surface area contributed by atoms with Crippen molar-refractivity contribution in [3.05, 3.63) is 82.9 Å². The maximum absolute atomic E-state index is 12.1. The lowest BCUT2D eigenvalue weighted by molar-refractivity contribution is -0.165. The molecule has 1 fully saturated rings. The molecule has 0 amide bonds. The summed E-state index contributed by atoms with van der Waals surface area (Å²) >= 11 is 6.53. The molecule has 0 spiro atoms. The van der Waals surface area contributed by atoms with Crippen molar-refractivity contribution in [3.8, 4) is 0 Å². The number of halogens is 1. The van der Waals surface area contributed by atoms with Crippen LogP contribution >= 0.6 is 11.6 Å². The fraction of sp³-hybridized carbons (Fsp3) is 0.345. The summed E-state index contributed by atoms with van der Waals surface area (Å²) in [5.41, 5.74) is 4.41. The normalized spacial score (nSPS) is 23.8. The Balaban J connectivity index is 1.46. The summed E-state index contributed by atoms with van der Waals surface area (Å²) in [6, 6.07) is 18.4. The number of hydrogen-bond donors (Lipinski definition) is 0. The van der Waals surface area contributed by atoms with Crippen molar-refractivity contribution in [2.45, 2.75) is 64.3 Å². The molecule has 0 bridgehead atoms. The van der Waals surface area contributed by atoms with Gasteiger partial charge in [0.25, 0.3) is 0 Å². The molecule has 0 aliphatic carbocycles. The van der Waals surface area contributed by atoms with E-state index in [0.29, 0.717) is 29.9 Å². The SMILES string of the molecule is CC[C@H]1O[C@@H](n2cnc3c(N4Cc5ccccc5C4c4ccccc4)nc(Cl)nc32)C(OC(C)=O)[C@H]1OC(C)=O. The molecule has 2 aliphatic heterocycles. The van der Waals surface area contributed by atoms with Crippen molar-refractivity contribution in [1.29, 1.82) is 0 Å². The van der Waals surface area contributed by atoms with E-state index in [1.165, 1.54) is 25.0 Å². The first kappa shape index (κ1) is 26.2. The van der Waals surface area contributed by atoms with Crippen LogP contribution in [0.5, 0.6) is 0 Å². The Morgan fingerprint density at radius 2 is 1.70 bits per heavy atom. The first-order valence-electron chi connectivity index (χ1n) is 13.1. The maximum atomic E-state index is 12.1. The van der Waals surface area contributed by atoms with E-state index in [0.717, 1.165) is 5.56 Å². The molecule has 0 N–H and O–H groups in total. The van der Waals surface area contributed by atoms with Gasteiger partial charge in [-0.3, -0.25) is 14.2 Å². The second kappa shape index (κ2) is 10.5. The second-order valence-electron chi connectivity index (χ2n) is 9.90. The molecule has 40 heavy (non-hydrogen) atoms. The fourth-order valence-corrected chi connectivity index (χ4v) is 5.91.